The fourth-order valence-corrected chi connectivity index (χ4v) is 10.5. The van der Waals surface area contributed by atoms with Crippen molar-refractivity contribution in [2.45, 2.75) is 325 Å². The number of amides is 1. The molecule has 81 heavy (non-hydrogen) atoms. The summed E-state index contributed by atoms with van der Waals surface area (Å²) in [6.45, 7) is 2.75. The van der Waals surface area contributed by atoms with Gasteiger partial charge in [0.05, 0.1) is 32.0 Å². The highest BCUT2D eigenvalue weighted by atomic mass is 16.7. The molecule has 0 aromatic rings. The van der Waals surface area contributed by atoms with Gasteiger partial charge in [0.2, 0.25) is 5.91 Å². The maximum Gasteiger partial charge on any atom is 0.220 e. The molecule has 9 N–H and O–H groups in total. The van der Waals surface area contributed by atoms with E-state index in [4.69, 9.17) is 18.9 Å². The van der Waals surface area contributed by atoms with E-state index in [2.05, 4.69) is 92.1 Å². The smallest absolute Gasteiger partial charge is 0.220 e. The van der Waals surface area contributed by atoms with Crippen LogP contribution in [0.5, 0.6) is 0 Å². The molecule has 1 amide bonds. The van der Waals surface area contributed by atoms with Crippen molar-refractivity contribution in [2.24, 2.45) is 0 Å². The van der Waals surface area contributed by atoms with E-state index in [1.807, 2.05) is 0 Å². The number of unbranched alkanes of at least 4 members (excludes halogenated alkanes) is 27. The van der Waals surface area contributed by atoms with Crippen molar-refractivity contribution in [2.75, 3.05) is 19.8 Å². The van der Waals surface area contributed by atoms with Gasteiger partial charge in [0.1, 0.15) is 48.8 Å². The van der Waals surface area contributed by atoms with Crippen molar-refractivity contribution < 1.29 is 64.6 Å². The Bertz CT molecular complexity index is 1630. The van der Waals surface area contributed by atoms with Crippen LogP contribution < -0.4 is 5.32 Å². The minimum absolute atomic E-state index is 0.231. The number of hydrogen-bond acceptors (Lipinski definition) is 13. The molecule has 2 rings (SSSR count). The molecule has 470 valence electrons. The van der Waals surface area contributed by atoms with Gasteiger partial charge in [0.15, 0.2) is 12.6 Å². The molecule has 2 saturated heterocycles. The van der Waals surface area contributed by atoms with Crippen LogP contribution in [0.25, 0.3) is 0 Å². The summed E-state index contributed by atoms with van der Waals surface area (Å²) in [7, 11) is 0. The zero-order chi connectivity index (χ0) is 58.8. The normalized spacial score (nSPS) is 24.6. The van der Waals surface area contributed by atoms with Crippen LogP contribution in [-0.4, -0.2) is 140 Å². The molecule has 14 heteroatoms. The first-order chi connectivity index (χ1) is 39.6. The third kappa shape index (κ3) is 36.8. The topological polar surface area (TPSA) is 228 Å². The number of nitrogens with one attached hydrogen (secondary N) is 1. The molecule has 2 fully saturated rings. The number of hydrogen-bond donors (Lipinski definition) is 9. The van der Waals surface area contributed by atoms with E-state index in [1.54, 1.807) is 0 Å². The van der Waals surface area contributed by atoms with Gasteiger partial charge in [-0.2, -0.15) is 0 Å². The second-order valence-electron chi connectivity index (χ2n) is 22.9. The maximum atomic E-state index is 13.3. The lowest BCUT2D eigenvalue weighted by atomic mass is 9.97. The standard InChI is InChI=1S/C67H119NO13/c1-3-5-7-9-11-13-15-17-19-21-23-25-27-29-30-32-34-36-38-40-42-44-46-48-50-56(71)55(54-78-66-64(77)62(75)65(58(53-70)80-66)81-67-63(76)61(74)60(73)57(52-69)79-67)68-59(72)51-49-47-45-43-41-39-37-35-33-31-28-26-24-22-20-18-16-14-12-10-8-6-4-2/h6,8,12,14,18,20,24,26,31,33,37,39,55-58,60-67,69-71,73-77H,3-5,7,9-11,13,15-17,19,21-23,25,27-30,32,34-36,38,40-54H2,1-2H3,(H,68,72)/b8-6-,14-12-,20-18-,26-24-,33-31-,39-37-. The fraction of sp³-hybridized carbons (Fsp3) is 0.806. The first-order valence-electron chi connectivity index (χ1n) is 32.7. The van der Waals surface area contributed by atoms with Gasteiger partial charge >= 0.3 is 0 Å². The summed E-state index contributed by atoms with van der Waals surface area (Å²) in [4.78, 5) is 13.3. The molecule has 0 radical (unpaired) electrons. The predicted octanol–water partition coefficient (Wildman–Crippen LogP) is 12.3. The average molecular weight is 1150 g/mol. The van der Waals surface area contributed by atoms with Gasteiger partial charge in [0.25, 0.3) is 0 Å². The van der Waals surface area contributed by atoms with Crippen LogP contribution in [0.2, 0.25) is 0 Å². The largest absolute Gasteiger partial charge is 0.394 e. The van der Waals surface area contributed by atoms with E-state index in [-0.39, 0.29) is 18.9 Å². The number of aliphatic hydroxyl groups is 8. The summed E-state index contributed by atoms with van der Waals surface area (Å²) < 4.78 is 22.9. The van der Waals surface area contributed by atoms with Gasteiger partial charge in [-0.25, -0.2) is 0 Å². The van der Waals surface area contributed by atoms with E-state index in [0.717, 1.165) is 89.9 Å². The summed E-state index contributed by atoms with van der Waals surface area (Å²) in [5, 5.41) is 87.5. The number of ether oxygens (including phenoxy) is 4. The van der Waals surface area contributed by atoms with Crippen molar-refractivity contribution in [3.63, 3.8) is 0 Å². The molecule has 0 aromatic carbocycles. The highest BCUT2D eigenvalue weighted by molar-refractivity contribution is 5.76. The van der Waals surface area contributed by atoms with Gasteiger partial charge in [-0.1, -0.05) is 254 Å². The summed E-state index contributed by atoms with van der Waals surface area (Å²) >= 11 is 0. The Hall–Kier alpha value is -2.57. The molecule has 0 spiro atoms. The first-order valence-corrected chi connectivity index (χ1v) is 32.7. The predicted molar refractivity (Wildman–Crippen MR) is 327 cm³/mol. The van der Waals surface area contributed by atoms with Gasteiger partial charge in [-0.15, -0.1) is 0 Å². The number of aliphatic hydroxyl groups excluding tert-OH is 8. The zero-order valence-corrected chi connectivity index (χ0v) is 50.8. The third-order valence-corrected chi connectivity index (χ3v) is 15.7. The van der Waals surface area contributed by atoms with Crippen LogP contribution in [0.4, 0.5) is 0 Å². The molecule has 12 unspecified atom stereocenters. The quantitative estimate of drug-likeness (QED) is 0.0204. The summed E-state index contributed by atoms with van der Waals surface area (Å²) in [5.74, 6) is -0.231. The summed E-state index contributed by atoms with van der Waals surface area (Å²) in [6.07, 6.45) is 51.8. The highest BCUT2D eigenvalue weighted by Crippen LogP contribution is 2.30. The van der Waals surface area contributed by atoms with Gasteiger partial charge in [-0.3, -0.25) is 4.79 Å². The van der Waals surface area contributed by atoms with Crippen LogP contribution >= 0.6 is 0 Å². The highest BCUT2D eigenvalue weighted by Gasteiger charge is 2.51. The minimum atomic E-state index is -1.79. The monoisotopic (exact) mass is 1150 g/mol. The van der Waals surface area contributed by atoms with Crippen LogP contribution in [0.3, 0.4) is 0 Å². The molecule has 0 aromatic heterocycles. The van der Waals surface area contributed by atoms with E-state index < -0.39 is 86.8 Å². The molecular weight excluding hydrogens is 1030 g/mol. The van der Waals surface area contributed by atoms with E-state index in [1.165, 1.54) is 128 Å². The number of carbonyl (C=O) groups excluding carboxylic acids is 1. The number of allylic oxidation sites excluding steroid dienone is 12. The SMILES string of the molecule is CC/C=C\C/C=C\C/C=C\C/C=C\C/C=C\C/C=C\CCCCCCC(=O)NC(COC1OC(CO)C(OC2OC(CO)C(O)C(O)C2O)C(O)C1O)C(O)CCCCCCCCCCCCCCCCCCCCCCCCCC. The van der Waals surface area contributed by atoms with E-state index in [0.29, 0.717) is 12.8 Å². The van der Waals surface area contributed by atoms with Gasteiger partial charge < -0.3 is 65.1 Å². The molecule has 2 aliphatic rings. The van der Waals surface area contributed by atoms with Crippen LogP contribution in [0.15, 0.2) is 72.9 Å². The van der Waals surface area contributed by atoms with Crippen LogP contribution in [0.1, 0.15) is 251 Å². The molecule has 12 atom stereocenters. The van der Waals surface area contributed by atoms with Gasteiger partial charge in [-0.05, 0) is 64.2 Å². The molecule has 0 bridgehead atoms. The van der Waals surface area contributed by atoms with E-state index in [9.17, 15) is 45.6 Å². The molecular formula is C67H119NO13. The van der Waals surface area contributed by atoms with Crippen molar-refractivity contribution in [1.29, 1.82) is 0 Å². The minimum Gasteiger partial charge on any atom is -0.394 e. The molecule has 0 saturated carbocycles. The lowest BCUT2D eigenvalue weighted by molar-refractivity contribution is -0.359. The molecule has 0 aliphatic carbocycles. The summed E-state index contributed by atoms with van der Waals surface area (Å²) in [6, 6.07) is -0.848. The lowest BCUT2D eigenvalue weighted by Gasteiger charge is -2.46. The average Bonchev–Trinajstić information content (AvgIpc) is 3.47. The summed E-state index contributed by atoms with van der Waals surface area (Å²) in [5.41, 5.74) is 0. The third-order valence-electron chi connectivity index (χ3n) is 15.7. The first kappa shape index (κ1) is 74.5. The van der Waals surface area contributed by atoms with Gasteiger partial charge in [0, 0.05) is 6.42 Å². The Kier molecular flexibility index (Phi) is 47.7. The Labute approximate surface area is 491 Å². The Morgan fingerprint density at radius 2 is 0.852 bits per heavy atom. The van der Waals surface area contributed by atoms with Crippen molar-refractivity contribution in [1.82, 2.24) is 5.32 Å². The fourth-order valence-electron chi connectivity index (χ4n) is 10.5. The second-order valence-corrected chi connectivity index (χ2v) is 22.9. The molecule has 2 heterocycles. The molecule has 2 aliphatic heterocycles. The van der Waals surface area contributed by atoms with Crippen LogP contribution in [-0.2, 0) is 23.7 Å². The Balaban J connectivity index is 1.73. The lowest BCUT2D eigenvalue weighted by Crippen LogP contribution is -2.65. The second kappa shape index (κ2) is 51.8. The van der Waals surface area contributed by atoms with Crippen molar-refractivity contribution in [3.05, 3.63) is 72.9 Å². The zero-order valence-electron chi connectivity index (χ0n) is 50.8. The molecule has 14 nitrogen and oxygen atoms in total. The number of carbonyl (C=O) groups is 1. The van der Waals surface area contributed by atoms with Crippen molar-refractivity contribution >= 4 is 5.91 Å². The van der Waals surface area contributed by atoms with E-state index >= 15 is 0 Å². The Morgan fingerprint density at radius 1 is 0.457 bits per heavy atom. The maximum absolute atomic E-state index is 13.3. The Morgan fingerprint density at radius 3 is 1.31 bits per heavy atom. The van der Waals surface area contributed by atoms with Crippen molar-refractivity contribution in [3.8, 4) is 0 Å². The number of rotatable bonds is 52. The van der Waals surface area contributed by atoms with Crippen LogP contribution in [0, 0.1) is 0 Å².